The van der Waals surface area contributed by atoms with Crippen LogP contribution in [-0.4, -0.2) is 24.7 Å². The number of nitrogens with two attached hydrogens (primary N) is 1. The van der Waals surface area contributed by atoms with Crippen LogP contribution in [0.3, 0.4) is 0 Å². The van der Waals surface area contributed by atoms with Gasteiger partial charge >= 0.3 is 6.09 Å². The summed E-state index contributed by atoms with van der Waals surface area (Å²) in [7, 11) is 1.55. The highest BCUT2D eigenvalue weighted by molar-refractivity contribution is 5.67. The quantitative estimate of drug-likeness (QED) is 0.763. The van der Waals surface area contributed by atoms with Gasteiger partial charge in [-0.05, 0) is 24.1 Å². The SMILES string of the molecule is COc1ccc(N)c(C=CCCNC(=O)OCc2ccccc2)n1. The molecule has 24 heavy (non-hydrogen) atoms. The minimum Gasteiger partial charge on any atom is -0.481 e. The Labute approximate surface area is 141 Å². The lowest BCUT2D eigenvalue weighted by Gasteiger charge is -2.06. The van der Waals surface area contributed by atoms with Gasteiger partial charge in [-0.2, -0.15) is 0 Å². The largest absolute Gasteiger partial charge is 0.481 e. The van der Waals surface area contributed by atoms with Crippen molar-refractivity contribution >= 4 is 17.9 Å². The van der Waals surface area contributed by atoms with Crippen molar-refractivity contribution in [2.45, 2.75) is 13.0 Å². The van der Waals surface area contributed by atoms with Crippen LogP contribution in [0.5, 0.6) is 5.88 Å². The third-order valence-electron chi connectivity index (χ3n) is 3.21. The Hall–Kier alpha value is -3.02. The number of hydrogen-bond donors (Lipinski definition) is 2. The van der Waals surface area contributed by atoms with Crippen molar-refractivity contribution in [1.29, 1.82) is 0 Å². The van der Waals surface area contributed by atoms with Crippen LogP contribution in [-0.2, 0) is 11.3 Å². The van der Waals surface area contributed by atoms with E-state index in [1.807, 2.05) is 36.4 Å². The lowest BCUT2D eigenvalue weighted by Crippen LogP contribution is -2.24. The number of carbonyl (C=O) groups excluding carboxylic acids is 1. The van der Waals surface area contributed by atoms with Gasteiger partial charge in [0.1, 0.15) is 6.61 Å². The molecule has 1 aromatic heterocycles. The first-order valence-electron chi connectivity index (χ1n) is 7.60. The summed E-state index contributed by atoms with van der Waals surface area (Å²) >= 11 is 0. The summed E-state index contributed by atoms with van der Waals surface area (Å²) in [4.78, 5) is 15.8. The van der Waals surface area contributed by atoms with E-state index in [0.29, 0.717) is 30.2 Å². The third kappa shape index (κ3) is 5.64. The van der Waals surface area contributed by atoms with Crippen molar-refractivity contribution in [2.24, 2.45) is 0 Å². The van der Waals surface area contributed by atoms with Gasteiger partial charge in [-0.1, -0.05) is 36.4 Å². The molecule has 0 spiro atoms. The van der Waals surface area contributed by atoms with Crippen LogP contribution in [0, 0.1) is 0 Å². The Bertz CT molecular complexity index is 687. The van der Waals surface area contributed by atoms with Crippen molar-refractivity contribution in [1.82, 2.24) is 10.3 Å². The number of nitrogen functional groups attached to an aromatic ring is 1. The molecule has 0 aliphatic rings. The molecule has 0 aliphatic carbocycles. The van der Waals surface area contributed by atoms with Crippen molar-refractivity contribution in [2.75, 3.05) is 19.4 Å². The summed E-state index contributed by atoms with van der Waals surface area (Å²) in [6.45, 7) is 0.723. The number of nitrogens with one attached hydrogen (secondary N) is 1. The third-order valence-corrected chi connectivity index (χ3v) is 3.21. The number of alkyl carbamates (subject to hydrolysis) is 1. The fourth-order valence-corrected chi connectivity index (χ4v) is 1.94. The Morgan fingerprint density at radius 2 is 2.04 bits per heavy atom. The molecule has 6 nitrogen and oxygen atoms in total. The van der Waals surface area contributed by atoms with E-state index in [1.165, 1.54) is 0 Å². The maximum atomic E-state index is 11.6. The van der Waals surface area contributed by atoms with Crippen LogP contribution in [0.1, 0.15) is 17.7 Å². The number of methoxy groups -OCH3 is 1. The number of aromatic nitrogens is 1. The Balaban J connectivity index is 1.69. The van der Waals surface area contributed by atoms with Gasteiger partial charge in [0.05, 0.1) is 18.5 Å². The average molecular weight is 327 g/mol. The van der Waals surface area contributed by atoms with Crippen LogP contribution in [0.4, 0.5) is 10.5 Å². The van der Waals surface area contributed by atoms with E-state index in [2.05, 4.69) is 10.3 Å². The van der Waals surface area contributed by atoms with Gasteiger partial charge in [0, 0.05) is 12.6 Å². The van der Waals surface area contributed by atoms with Crippen molar-refractivity contribution < 1.29 is 14.3 Å². The first-order valence-corrected chi connectivity index (χ1v) is 7.60. The summed E-state index contributed by atoms with van der Waals surface area (Å²) in [6, 6.07) is 13.0. The fraction of sp³-hybridized carbons (Fsp3) is 0.222. The lowest BCUT2D eigenvalue weighted by atomic mass is 10.2. The number of carbonyl (C=O) groups is 1. The zero-order valence-corrected chi connectivity index (χ0v) is 13.6. The number of hydrogen-bond acceptors (Lipinski definition) is 5. The zero-order valence-electron chi connectivity index (χ0n) is 13.6. The summed E-state index contributed by atoms with van der Waals surface area (Å²) in [5.74, 6) is 0.506. The topological polar surface area (TPSA) is 86.5 Å². The number of benzene rings is 1. The molecule has 1 heterocycles. The van der Waals surface area contributed by atoms with Gasteiger partial charge in [-0.3, -0.25) is 0 Å². The van der Waals surface area contributed by atoms with Crippen molar-refractivity contribution in [3.05, 3.63) is 59.8 Å². The van der Waals surface area contributed by atoms with Gasteiger partial charge < -0.3 is 20.5 Å². The van der Waals surface area contributed by atoms with Crippen LogP contribution in [0.25, 0.3) is 6.08 Å². The molecule has 0 fully saturated rings. The molecule has 6 heteroatoms. The summed E-state index contributed by atoms with van der Waals surface area (Å²) < 4.78 is 10.2. The maximum absolute atomic E-state index is 11.6. The Morgan fingerprint density at radius 3 is 2.79 bits per heavy atom. The second kappa shape index (κ2) is 9.19. The molecule has 2 rings (SSSR count). The van der Waals surface area contributed by atoms with Gasteiger partial charge in [-0.15, -0.1) is 0 Å². The molecule has 3 N–H and O–H groups in total. The lowest BCUT2D eigenvalue weighted by molar-refractivity contribution is 0.140. The van der Waals surface area contributed by atoms with E-state index in [9.17, 15) is 4.79 Å². The number of anilines is 1. The van der Waals surface area contributed by atoms with Crippen LogP contribution in [0.15, 0.2) is 48.5 Å². The van der Waals surface area contributed by atoms with Crippen LogP contribution < -0.4 is 15.8 Å². The van der Waals surface area contributed by atoms with Gasteiger partial charge in [0.25, 0.3) is 0 Å². The van der Waals surface area contributed by atoms with E-state index in [4.69, 9.17) is 15.2 Å². The second-order valence-corrected chi connectivity index (χ2v) is 5.01. The second-order valence-electron chi connectivity index (χ2n) is 5.01. The highest BCUT2D eigenvalue weighted by Gasteiger charge is 2.02. The summed E-state index contributed by atoms with van der Waals surface area (Å²) in [5, 5.41) is 2.69. The maximum Gasteiger partial charge on any atom is 0.407 e. The molecule has 126 valence electrons. The van der Waals surface area contributed by atoms with Crippen molar-refractivity contribution in [3.63, 3.8) is 0 Å². The van der Waals surface area contributed by atoms with E-state index >= 15 is 0 Å². The smallest absolute Gasteiger partial charge is 0.407 e. The average Bonchev–Trinajstić information content (AvgIpc) is 2.62. The molecular formula is C18H21N3O3. The number of pyridine rings is 1. The number of ether oxygens (including phenoxy) is 2. The molecule has 0 bridgehead atoms. The first-order chi connectivity index (χ1) is 11.7. The molecule has 0 atom stereocenters. The zero-order chi connectivity index (χ0) is 17.2. The van der Waals surface area contributed by atoms with E-state index in [0.717, 1.165) is 5.56 Å². The fourth-order valence-electron chi connectivity index (χ4n) is 1.94. The number of nitrogens with zero attached hydrogens (tertiary/aromatic N) is 1. The summed E-state index contributed by atoms with van der Waals surface area (Å²) in [5.41, 5.74) is 8.01. The van der Waals surface area contributed by atoms with Gasteiger partial charge in [0.15, 0.2) is 0 Å². The highest BCUT2D eigenvalue weighted by Crippen LogP contribution is 2.16. The monoisotopic (exact) mass is 327 g/mol. The highest BCUT2D eigenvalue weighted by atomic mass is 16.5. The molecule has 0 saturated carbocycles. The molecule has 0 saturated heterocycles. The van der Waals surface area contributed by atoms with E-state index in [-0.39, 0.29) is 6.61 Å². The first kappa shape index (κ1) is 17.3. The van der Waals surface area contributed by atoms with Gasteiger partial charge in [0.2, 0.25) is 5.88 Å². The van der Waals surface area contributed by atoms with E-state index in [1.54, 1.807) is 25.3 Å². The molecular weight excluding hydrogens is 306 g/mol. The molecule has 1 aromatic carbocycles. The molecule has 0 radical (unpaired) electrons. The van der Waals surface area contributed by atoms with Crippen LogP contribution >= 0.6 is 0 Å². The molecule has 0 aliphatic heterocycles. The predicted octanol–water partition coefficient (Wildman–Crippen LogP) is 3.00. The minimum atomic E-state index is -0.439. The van der Waals surface area contributed by atoms with Crippen LogP contribution in [0.2, 0.25) is 0 Å². The Kier molecular flexibility index (Phi) is 6.64. The molecule has 0 unspecified atom stereocenters. The minimum absolute atomic E-state index is 0.257. The summed E-state index contributed by atoms with van der Waals surface area (Å²) in [6.07, 6.45) is 3.88. The molecule has 2 aromatic rings. The standard InChI is InChI=1S/C18H21N3O3/c1-23-17-11-10-15(19)16(21-17)9-5-6-12-20-18(22)24-13-14-7-3-2-4-8-14/h2-5,7-11H,6,12-13,19H2,1H3,(H,20,22). The predicted molar refractivity (Wildman–Crippen MR) is 93.5 cm³/mol. The number of amides is 1. The normalized spacial score (nSPS) is 10.5. The van der Waals surface area contributed by atoms with Crippen molar-refractivity contribution in [3.8, 4) is 5.88 Å². The number of rotatable bonds is 7. The van der Waals surface area contributed by atoms with Gasteiger partial charge in [-0.25, -0.2) is 9.78 Å². The Morgan fingerprint density at radius 1 is 1.25 bits per heavy atom. The molecule has 1 amide bonds. The van der Waals surface area contributed by atoms with E-state index < -0.39 is 6.09 Å².